The SMILES string of the molecule is COCCn1c(C)c(C)c2cc(NC(=O)C3(c4ccccc4F)CCOCC3)ccc21. The van der Waals surface area contributed by atoms with E-state index >= 15 is 0 Å². The van der Waals surface area contributed by atoms with Gasteiger partial charge in [0.05, 0.1) is 12.0 Å². The molecular weight excluding hydrogens is 395 g/mol. The van der Waals surface area contributed by atoms with Crippen molar-refractivity contribution in [2.75, 3.05) is 32.2 Å². The van der Waals surface area contributed by atoms with Gasteiger partial charge in [-0.1, -0.05) is 18.2 Å². The second-order valence-electron chi connectivity index (χ2n) is 8.22. The number of amides is 1. The molecule has 6 heteroatoms. The van der Waals surface area contributed by atoms with E-state index in [2.05, 4.69) is 23.7 Å². The van der Waals surface area contributed by atoms with Crippen molar-refractivity contribution in [3.05, 3.63) is 65.1 Å². The molecular formula is C25H29FN2O3. The average molecular weight is 425 g/mol. The monoisotopic (exact) mass is 424 g/mol. The Kier molecular flexibility index (Phi) is 6.12. The van der Waals surface area contributed by atoms with E-state index in [4.69, 9.17) is 9.47 Å². The Bertz CT molecular complexity index is 1100. The van der Waals surface area contributed by atoms with Crippen molar-refractivity contribution >= 4 is 22.5 Å². The number of hydrogen-bond acceptors (Lipinski definition) is 3. The number of hydrogen-bond donors (Lipinski definition) is 1. The highest BCUT2D eigenvalue weighted by Crippen LogP contribution is 2.38. The standard InChI is InChI=1S/C25H29FN2O3/c1-17-18(2)28(12-15-30-3)23-9-8-19(16-20(17)23)27-24(29)25(10-13-31-14-11-25)21-6-4-5-7-22(21)26/h4-9,16H,10-15H2,1-3H3,(H,27,29). The van der Waals surface area contributed by atoms with E-state index in [0.29, 0.717) is 43.9 Å². The molecule has 1 aliphatic heterocycles. The molecule has 1 saturated heterocycles. The summed E-state index contributed by atoms with van der Waals surface area (Å²) in [5, 5.41) is 4.17. The Hall–Kier alpha value is -2.70. The molecule has 4 rings (SSSR count). The molecule has 31 heavy (non-hydrogen) atoms. The van der Waals surface area contributed by atoms with Crippen LogP contribution in [0.3, 0.4) is 0 Å². The summed E-state index contributed by atoms with van der Waals surface area (Å²) in [6, 6.07) is 12.5. The van der Waals surface area contributed by atoms with Gasteiger partial charge >= 0.3 is 0 Å². The van der Waals surface area contributed by atoms with Gasteiger partial charge in [0, 0.05) is 54.7 Å². The van der Waals surface area contributed by atoms with Gasteiger partial charge in [-0.15, -0.1) is 0 Å². The van der Waals surface area contributed by atoms with Crippen LogP contribution >= 0.6 is 0 Å². The fourth-order valence-electron chi connectivity index (χ4n) is 4.64. The van der Waals surface area contributed by atoms with Crippen molar-refractivity contribution in [3.8, 4) is 0 Å². The van der Waals surface area contributed by atoms with Crippen LogP contribution in [-0.4, -0.2) is 37.4 Å². The summed E-state index contributed by atoms with van der Waals surface area (Å²) in [5.74, 6) is -0.537. The van der Waals surface area contributed by atoms with Crippen LogP contribution in [0, 0.1) is 19.7 Å². The molecule has 1 N–H and O–H groups in total. The van der Waals surface area contributed by atoms with Crippen LogP contribution in [0.15, 0.2) is 42.5 Å². The minimum absolute atomic E-state index is 0.187. The van der Waals surface area contributed by atoms with Crippen molar-refractivity contribution in [1.29, 1.82) is 0 Å². The summed E-state index contributed by atoms with van der Waals surface area (Å²) in [7, 11) is 1.70. The van der Waals surface area contributed by atoms with E-state index in [0.717, 1.165) is 17.4 Å². The lowest BCUT2D eigenvalue weighted by atomic mass is 9.73. The second kappa shape index (κ2) is 8.81. The van der Waals surface area contributed by atoms with Gasteiger partial charge in [0.15, 0.2) is 0 Å². The number of methoxy groups -OCH3 is 1. The number of aryl methyl sites for hydroxylation is 1. The number of halogens is 1. The lowest BCUT2D eigenvalue weighted by Gasteiger charge is -2.36. The second-order valence-corrected chi connectivity index (χ2v) is 8.22. The number of aromatic nitrogens is 1. The molecule has 0 radical (unpaired) electrons. The molecule has 1 aromatic heterocycles. The Morgan fingerprint density at radius 1 is 1.19 bits per heavy atom. The molecule has 1 fully saturated rings. The number of nitrogens with zero attached hydrogens (tertiary/aromatic N) is 1. The normalized spacial score (nSPS) is 15.9. The van der Waals surface area contributed by atoms with Gasteiger partial charge in [0.1, 0.15) is 5.82 Å². The van der Waals surface area contributed by atoms with Crippen molar-refractivity contribution in [1.82, 2.24) is 4.57 Å². The van der Waals surface area contributed by atoms with Crippen LogP contribution in [0.25, 0.3) is 10.9 Å². The Morgan fingerprint density at radius 2 is 1.94 bits per heavy atom. The van der Waals surface area contributed by atoms with Gasteiger partial charge in [0.25, 0.3) is 0 Å². The number of benzene rings is 2. The smallest absolute Gasteiger partial charge is 0.235 e. The predicted molar refractivity (Wildman–Crippen MR) is 120 cm³/mol. The molecule has 0 atom stereocenters. The topological polar surface area (TPSA) is 52.5 Å². The molecule has 0 aliphatic carbocycles. The lowest BCUT2D eigenvalue weighted by Crippen LogP contribution is -2.45. The number of nitrogens with one attached hydrogen (secondary N) is 1. The fourth-order valence-corrected chi connectivity index (χ4v) is 4.64. The van der Waals surface area contributed by atoms with Gasteiger partial charge in [-0.25, -0.2) is 4.39 Å². The first-order chi connectivity index (χ1) is 15.0. The average Bonchev–Trinajstić information content (AvgIpc) is 3.02. The van der Waals surface area contributed by atoms with Crippen molar-refractivity contribution < 1.29 is 18.7 Å². The summed E-state index contributed by atoms with van der Waals surface area (Å²) in [6.45, 7) is 6.46. The summed E-state index contributed by atoms with van der Waals surface area (Å²) in [6.07, 6.45) is 0.904. The molecule has 5 nitrogen and oxygen atoms in total. The number of ether oxygens (including phenoxy) is 2. The first kappa shape index (κ1) is 21.5. The third kappa shape index (κ3) is 3.86. The summed E-state index contributed by atoms with van der Waals surface area (Å²) >= 11 is 0. The van der Waals surface area contributed by atoms with E-state index < -0.39 is 5.41 Å². The van der Waals surface area contributed by atoms with Gasteiger partial charge in [0.2, 0.25) is 5.91 Å². The highest BCUT2D eigenvalue weighted by Gasteiger charge is 2.43. The van der Waals surface area contributed by atoms with Gasteiger partial charge in [-0.3, -0.25) is 4.79 Å². The number of carbonyl (C=O) groups is 1. The zero-order chi connectivity index (χ0) is 22.0. The largest absolute Gasteiger partial charge is 0.383 e. The van der Waals surface area contributed by atoms with Gasteiger partial charge in [-0.2, -0.15) is 0 Å². The molecule has 164 valence electrons. The maximum absolute atomic E-state index is 14.7. The van der Waals surface area contributed by atoms with Crippen molar-refractivity contribution in [2.45, 2.75) is 38.6 Å². The summed E-state index contributed by atoms with van der Waals surface area (Å²) in [4.78, 5) is 13.5. The quantitative estimate of drug-likeness (QED) is 0.622. The van der Waals surface area contributed by atoms with E-state index in [1.54, 1.807) is 25.3 Å². The number of fused-ring (bicyclic) bond motifs is 1. The zero-order valence-electron chi connectivity index (χ0n) is 18.3. The molecule has 2 heterocycles. The maximum Gasteiger partial charge on any atom is 0.235 e. The molecule has 0 unspecified atom stereocenters. The van der Waals surface area contributed by atoms with Crippen LogP contribution in [0.5, 0.6) is 0 Å². The highest BCUT2D eigenvalue weighted by atomic mass is 19.1. The van der Waals surface area contributed by atoms with Gasteiger partial charge < -0.3 is 19.4 Å². The highest BCUT2D eigenvalue weighted by molar-refractivity contribution is 6.01. The molecule has 0 bridgehead atoms. The molecule has 3 aromatic rings. The molecule has 1 amide bonds. The molecule has 0 saturated carbocycles. The third-order valence-electron chi connectivity index (χ3n) is 6.59. The first-order valence-corrected chi connectivity index (χ1v) is 10.7. The lowest BCUT2D eigenvalue weighted by molar-refractivity contribution is -0.125. The Labute approximate surface area is 182 Å². The fraction of sp³-hybridized carbons (Fsp3) is 0.400. The maximum atomic E-state index is 14.7. The van der Waals surface area contributed by atoms with E-state index in [1.165, 1.54) is 17.3 Å². The summed E-state index contributed by atoms with van der Waals surface area (Å²) < 4.78 is 27.7. The molecule has 2 aromatic carbocycles. The van der Waals surface area contributed by atoms with Crippen molar-refractivity contribution in [2.24, 2.45) is 0 Å². The van der Waals surface area contributed by atoms with Crippen LogP contribution in [0.2, 0.25) is 0 Å². The Balaban J connectivity index is 1.68. The predicted octanol–water partition coefficient (Wildman–Crippen LogP) is 4.73. The zero-order valence-corrected chi connectivity index (χ0v) is 18.3. The summed E-state index contributed by atoms with van der Waals surface area (Å²) in [5.41, 5.74) is 3.69. The van der Waals surface area contributed by atoms with Crippen LogP contribution in [0.1, 0.15) is 29.7 Å². The van der Waals surface area contributed by atoms with Gasteiger partial charge in [-0.05, 0) is 56.5 Å². The number of rotatable bonds is 6. The molecule has 0 spiro atoms. The first-order valence-electron chi connectivity index (χ1n) is 10.7. The van der Waals surface area contributed by atoms with E-state index in [-0.39, 0.29) is 11.7 Å². The minimum atomic E-state index is -0.937. The van der Waals surface area contributed by atoms with E-state index in [1.807, 2.05) is 18.2 Å². The van der Waals surface area contributed by atoms with E-state index in [9.17, 15) is 9.18 Å². The Morgan fingerprint density at radius 3 is 2.65 bits per heavy atom. The van der Waals surface area contributed by atoms with Crippen molar-refractivity contribution in [3.63, 3.8) is 0 Å². The minimum Gasteiger partial charge on any atom is -0.383 e. The number of carbonyl (C=O) groups excluding carboxylic acids is 1. The number of anilines is 1. The third-order valence-corrected chi connectivity index (χ3v) is 6.59. The van der Waals surface area contributed by atoms with Crippen LogP contribution < -0.4 is 5.32 Å². The molecule has 1 aliphatic rings. The van der Waals surface area contributed by atoms with Crippen LogP contribution in [-0.2, 0) is 26.2 Å². The van der Waals surface area contributed by atoms with Crippen LogP contribution in [0.4, 0.5) is 10.1 Å².